The zero-order chi connectivity index (χ0) is 15.7. The Morgan fingerprint density at radius 2 is 2.09 bits per heavy atom. The maximum atomic E-state index is 12.8. The molecule has 0 aliphatic rings. The second-order valence-electron chi connectivity index (χ2n) is 5.45. The van der Waals surface area contributed by atoms with Gasteiger partial charge in [-0.25, -0.2) is 14.6 Å². The van der Waals surface area contributed by atoms with Crippen molar-refractivity contribution in [2.45, 2.75) is 39.8 Å². The molecule has 114 valence electrons. The van der Waals surface area contributed by atoms with Crippen LogP contribution in [0.25, 0.3) is 10.9 Å². The molecular formula is C16H19N5O. The SMILES string of the molecule is CCCn1ncnc1C(C)n1cnc2c(C)cccc2c1=O. The van der Waals surface area contributed by atoms with Crippen LogP contribution in [0.1, 0.15) is 37.7 Å². The molecule has 0 N–H and O–H groups in total. The molecule has 0 amide bonds. The number of hydrogen-bond acceptors (Lipinski definition) is 4. The first-order chi connectivity index (χ1) is 10.6. The first-order valence-electron chi connectivity index (χ1n) is 7.47. The molecule has 0 bridgehead atoms. The highest BCUT2D eigenvalue weighted by molar-refractivity contribution is 5.80. The molecule has 1 aromatic carbocycles. The van der Waals surface area contributed by atoms with Crippen LogP contribution in [0.4, 0.5) is 0 Å². The Morgan fingerprint density at radius 1 is 1.27 bits per heavy atom. The van der Waals surface area contributed by atoms with E-state index in [9.17, 15) is 4.79 Å². The maximum absolute atomic E-state index is 12.8. The smallest absolute Gasteiger partial charge is 0.261 e. The summed E-state index contributed by atoms with van der Waals surface area (Å²) in [5.74, 6) is 0.776. The van der Waals surface area contributed by atoms with Gasteiger partial charge in [0, 0.05) is 6.54 Å². The average molecular weight is 297 g/mol. The molecule has 6 heteroatoms. The van der Waals surface area contributed by atoms with E-state index in [0.717, 1.165) is 29.9 Å². The number of benzene rings is 1. The first kappa shape index (κ1) is 14.4. The minimum absolute atomic E-state index is 0.0488. The predicted octanol–water partition coefficient (Wildman–Crippen LogP) is 2.32. The molecule has 0 saturated heterocycles. The standard InChI is InChI=1S/C16H19N5O/c1-4-8-21-15(17-9-19-21)12(3)20-10-18-14-11(2)6-5-7-13(14)16(20)22/h5-7,9-10,12H,4,8H2,1-3H3. The molecule has 1 atom stereocenters. The van der Waals surface area contributed by atoms with E-state index in [1.54, 1.807) is 10.9 Å². The maximum Gasteiger partial charge on any atom is 0.261 e. The van der Waals surface area contributed by atoms with Crippen LogP contribution in [0.2, 0.25) is 0 Å². The summed E-state index contributed by atoms with van der Waals surface area (Å²) in [6.45, 7) is 6.78. The third-order valence-electron chi connectivity index (χ3n) is 3.89. The largest absolute Gasteiger partial charge is 0.288 e. The van der Waals surface area contributed by atoms with E-state index in [2.05, 4.69) is 22.0 Å². The van der Waals surface area contributed by atoms with Crippen LogP contribution in [0.5, 0.6) is 0 Å². The van der Waals surface area contributed by atoms with Crippen molar-refractivity contribution in [2.24, 2.45) is 0 Å². The van der Waals surface area contributed by atoms with Crippen molar-refractivity contribution in [3.63, 3.8) is 0 Å². The second-order valence-corrected chi connectivity index (χ2v) is 5.45. The Balaban J connectivity index is 2.12. The number of aromatic nitrogens is 5. The van der Waals surface area contributed by atoms with Gasteiger partial charge in [-0.2, -0.15) is 5.10 Å². The summed E-state index contributed by atoms with van der Waals surface area (Å²) < 4.78 is 3.47. The van der Waals surface area contributed by atoms with E-state index in [1.807, 2.05) is 36.7 Å². The summed E-state index contributed by atoms with van der Waals surface area (Å²) in [6, 6.07) is 5.45. The third kappa shape index (κ3) is 2.30. The molecule has 0 spiro atoms. The minimum atomic E-state index is -0.209. The van der Waals surface area contributed by atoms with Crippen LogP contribution in [0, 0.1) is 6.92 Å². The molecule has 22 heavy (non-hydrogen) atoms. The van der Waals surface area contributed by atoms with Crippen molar-refractivity contribution >= 4 is 10.9 Å². The van der Waals surface area contributed by atoms with E-state index in [0.29, 0.717) is 5.39 Å². The van der Waals surface area contributed by atoms with Crippen molar-refractivity contribution in [3.05, 3.63) is 52.6 Å². The Hall–Kier alpha value is -2.50. The lowest BCUT2D eigenvalue weighted by atomic mass is 10.1. The fourth-order valence-corrected chi connectivity index (χ4v) is 2.70. The van der Waals surface area contributed by atoms with Crippen molar-refractivity contribution in [1.82, 2.24) is 24.3 Å². The van der Waals surface area contributed by atoms with Gasteiger partial charge in [-0.05, 0) is 31.9 Å². The molecule has 0 aliphatic carbocycles. The van der Waals surface area contributed by atoms with E-state index >= 15 is 0 Å². The van der Waals surface area contributed by atoms with Gasteiger partial charge >= 0.3 is 0 Å². The van der Waals surface area contributed by atoms with E-state index in [1.165, 1.54) is 6.33 Å². The average Bonchev–Trinajstić information content (AvgIpc) is 2.97. The Morgan fingerprint density at radius 3 is 2.86 bits per heavy atom. The van der Waals surface area contributed by atoms with Crippen LogP contribution in [0.3, 0.4) is 0 Å². The van der Waals surface area contributed by atoms with E-state index in [-0.39, 0.29) is 11.6 Å². The van der Waals surface area contributed by atoms with Gasteiger partial charge in [-0.15, -0.1) is 0 Å². The quantitative estimate of drug-likeness (QED) is 0.741. The van der Waals surface area contributed by atoms with Crippen LogP contribution in [-0.4, -0.2) is 24.3 Å². The second kappa shape index (κ2) is 5.71. The van der Waals surface area contributed by atoms with Crippen LogP contribution in [-0.2, 0) is 6.54 Å². The van der Waals surface area contributed by atoms with Crippen molar-refractivity contribution < 1.29 is 0 Å². The fraction of sp³-hybridized carbons (Fsp3) is 0.375. The highest BCUT2D eigenvalue weighted by Crippen LogP contribution is 2.16. The van der Waals surface area contributed by atoms with Crippen molar-refractivity contribution in [2.75, 3.05) is 0 Å². The van der Waals surface area contributed by atoms with Crippen molar-refractivity contribution in [1.29, 1.82) is 0 Å². The summed E-state index contributed by atoms with van der Waals surface area (Å²) >= 11 is 0. The monoisotopic (exact) mass is 297 g/mol. The van der Waals surface area contributed by atoms with Gasteiger partial charge in [0.05, 0.1) is 23.3 Å². The summed E-state index contributed by atoms with van der Waals surface area (Å²) in [6.07, 6.45) is 4.10. The number of hydrogen-bond donors (Lipinski definition) is 0. The first-order valence-corrected chi connectivity index (χ1v) is 7.47. The van der Waals surface area contributed by atoms with E-state index in [4.69, 9.17) is 0 Å². The third-order valence-corrected chi connectivity index (χ3v) is 3.89. The lowest BCUT2D eigenvalue weighted by molar-refractivity contribution is 0.497. The zero-order valence-electron chi connectivity index (χ0n) is 13.0. The fourth-order valence-electron chi connectivity index (χ4n) is 2.70. The topological polar surface area (TPSA) is 65.6 Å². The summed E-state index contributed by atoms with van der Waals surface area (Å²) in [4.78, 5) is 21.5. The predicted molar refractivity (Wildman–Crippen MR) is 84.9 cm³/mol. The number of para-hydroxylation sites is 1. The zero-order valence-corrected chi connectivity index (χ0v) is 13.0. The molecular weight excluding hydrogens is 278 g/mol. The van der Waals surface area contributed by atoms with Crippen LogP contribution >= 0.6 is 0 Å². The highest BCUT2D eigenvalue weighted by atomic mass is 16.1. The number of rotatable bonds is 4. The lowest BCUT2D eigenvalue weighted by Crippen LogP contribution is -2.26. The van der Waals surface area contributed by atoms with Crippen LogP contribution in [0.15, 0.2) is 35.6 Å². The van der Waals surface area contributed by atoms with Gasteiger partial charge in [0.15, 0.2) is 0 Å². The molecule has 3 rings (SSSR count). The Labute approximate surface area is 128 Å². The van der Waals surface area contributed by atoms with Gasteiger partial charge in [0.25, 0.3) is 5.56 Å². The van der Waals surface area contributed by atoms with Crippen molar-refractivity contribution in [3.8, 4) is 0 Å². The molecule has 0 radical (unpaired) electrons. The van der Waals surface area contributed by atoms with Gasteiger partial charge in [0.2, 0.25) is 0 Å². The molecule has 0 aliphatic heterocycles. The summed E-state index contributed by atoms with van der Waals surface area (Å²) in [5.41, 5.74) is 1.71. The Bertz CT molecular complexity index is 864. The molecule has 0 fully saturated rings. The molecule has 3 aromatic rings. The summed E-state index contributed by atoms with van der Waals surface area (Å²) in [7, 11) is 0. The lowest BCUT2D eigenvalue weighted by Gasteiger charge is -2.15. The minimum Gasteiger partial charge on any atom is -0.288 e. The Kier molecular flexibility index (Phi) is 3.75. The summed E-state index contributed by atoms with van der Waals surface area (Å²) in [5, 5.41) is 4.86. The number of aryl methyl sites for hydroxylation is 2. The van der Waals surface area contributed by atoms with Gasteiger partial charge in [0.1, 0.15) is 12.2 Å². The molecule has 2 heterocycles. The van der Waals surface area contributed by atoms with Gasteiger partial charge in [-0.3, -0.25) is 9.36 Å². The molecule has 1 unspecified atom stereocenters. The van der Waals surface area contributed by atoms with Gasteiger partial charge < -0.3 is 0 Å². The molecule has 0 saturated carbocycles. The number of fused-ring (bicyclic) bond motifs is 1. The normalized spacial score (nSPS) is 12.7. The molecule has 6 nitrogen and oxygen atoms in total. The van der Waals surface area contributed by atoms with Crippen LogP contribution < -0.4 is 5.56 Å². The number of nitrogens with zero attached hydrogens (tertiary/aromatic N) is 5. The molecule has 2 aromatic heterocycles. The van der Waals surface area contributed by atoms with Gasteiger partial charge in [-0.1, -0.05) is 19.1 Å². The highest BCUT2D eigenvalue weighted by Gasteiger charge is 2.17. The van der Waals surface area contributed by atoms with E-state index < -0.39 is 0 Å².